The second kappa shape index (κ2) is 11.8. The zero-order valence-corrected chi connectivity index (χ0v) is 11.5. The SMILES string of the molecule is C#CC#CCCCC/C=C/C(=O)NC[C@H](C)CC. The highest BCUT2D eigenvalue weighted by Crippen LogP contribution is 2.00. The lowest BCUT2D eigenvalue weighted by Gasteiger charge is -2.07. The highest BCUT2D eigenvalue weighted by Gasteiger charge is 1.99. The molecular formula is C16H23NO. The Hall–Kier alpha value is -1.67. The van der Waals surface area contributed by atoms with Gasteiger partial charge >= 0.3 is 0 Å². The van der Waals surface area contributed by atoms with E-state index >= 15 is 0 Å². The van der Waals surface area contributed by atoms with Gasteiger partial charge in [-0.2, -0.15) is 0 Å². The van der Waals surface area contributed by atoms with E-state index in [2.05, 4.69) is 36.9 Å². The first-order valence-electron chi connectivity index (χ1n) is 6.58. The number of unbranched alkanes of at least 4 members (excludes halogenated alkanes) is 3. The molecule has 0 bridgehead atoms. The van der Waals surface area contributed by atoms with Gasteiger partial charge < -0.3 is 5.32 Å². The molecule has 0 aliphatic carbocycles. The fourth-order valence-electron chi connectivity index (χ4n) is 1.26. The maximum absolute atomic E-state index is 11.4. The van der Waals surface area contributed by atoms with Gasteiger partial charge in [-0.05, 0) is 43.1 Å². The van der Waals surface area contributed by atoms with Gasteiger partial charge in [-0.1, -0.05) is 32.3 Å². The molecule has 0 spiro atoms. The summed E-state index contributed by atoms with van der Waals surface area (Å²) in [6, 6.07) is 0. The normalized spacial score (nSPS) is 11.4. The van der Waals surface area contributed by atoms with E-state index in [1.165, 1.54) is 0 Å². The van der Waals surface area contributed by atoms with Gasteiger partial charge in [-0.3, -0.25) is 4.79 Å². The van der Waals surface area contributed by atoms with Gasteiger partial charge in [0.1, 0.15) is 0 Å². The van der Waals surface area contributed by atoms with Crippen LogP contribution in [0.4, 0.5) is 0 Å². The Bertz CT molecular complexity index is 352. The van der Waals surface area contributed by atoms with Crippen molar-refractivity contribution in [2.24, 2.45) is 5.92 Å². The summed E-state index contributed by atoms with van der Waals surface area (Å²) in [4.78, 5) is 11.4. The summed E-state index contributed by atoms with van der Waals surface area (Å²) in [5.41, 5.74) is 0. The van der Waals surface area contributed by atoms with Gasteiger partial charge in [0, 0.05) is 13.0 Å². The summed E-state index contributed by atoms with van der Waals surface area (Å²) < 4.78 is 0. The molecule has 2 heteroatoms. The number of hydrogen-bond donors (Lipinski definition) is 1. The van der Waals surface area contributed by atoms with Gasteiger partial charge in [0.2, 0.25) is 5.91 Å². The molecule has 1 amide bonds. The molecule has 0 aromatic rings. The lowest BCUT2D eigenvalue weighted by atomic mass is 10.1. The summed E-state index contributed by atoms with van der Waals surface area (Å²) in [7, 11) is 0. The molecule has 0 aromatic heterocycles. The predicted molar refractivity (Wildman–Crippen MR) is 76.7 cm³/mol. The summed E-state index contributed by atoms with van der Waals surface area (Å²) in [5, 5.41) is 2.88. The lowest BCUT2D eigenvalue weighted by Crippen LogP contribution is -2.26. The van der Waals surface area contributed by atoms with Crippen molar-refractivity contribution in [3.8, 4) is 24.2 Å². The highest BCUT2D eigenvalue weighted by molar-refractivity contribution is 5.87. The maximum Gasteiger partial charge on any atom is 0.243 e. The largest absolute Gasteiger partial charge is 0.352 e. The van der Waals surface area contributed by atoms with Crippen molar-refractivity contribution < 1.29 is 4.79 Å². The Morgan fingerprint density at radius 3 is 2.89 bits per heavy atom. The van der Waals surface area contributed by atoms with Gasteiger partial charge in [0.15, 0.2) is 0 Å². The number of carbonyl (C=O) groups is 1. The molecule has 0 fully saturated rings. The van der Waals surface area contributed by atoms with Crippen molar-refractivity contribution in [3.63, 3.8) is 0 Å². The van der Waals surface area contributed by atoms with Gasteiger partial charge in [-0.25, -0.2) is 0 Å². The van der Waals surface area contributed by atoms with Gasteiger partial charge in [0.25, 0.3) is 0 Å². The molecule has 2 nitrogen and oxygen atoms in total. The van der Waals surface area contributed by atoms with Crippen molar-refractivity contribution in [1.82, 2.24) is 5.32 Å². The molecule has 0 rings (SSSR count). The molecule has 0 radical (unpaired) electrons. The first-order valence-corrected chi connectivity index (χ1v) is 6.58. The Balaban J connectivity index is 3.52. The molecule has 0 aliphatic rings. The number of terminal acetylenes is 1. The molecule has 98 valence electrons. The number of hydrogen-bond acceptors (Lipinski definition) is 1. The van der Waals surface area contributed by atoms with Crippen LogP contribution in [-0.4, -0.2) is 12.5 Å². The summed E-state index contributed by atoms with van der Waals surface area (Å²) in [6.45, 7) is 5.00. The van der Waals surface area contributed by atoms with Crippen LogP contribution in [0.1, 0.15) is 46.0 Å². The van der Waals surface area contributed by atoms with Gasteiger partial charge in [0.05, 0.1) is 0 Å². The predicted octanol–water partition coefficient (Wildman–Crippen LogP) is 2.90. The smallest absolute Gasteiger partial charge is 0.243 e. The van der Waals surface area contributed by atoms with E-state index in [0.29, 0.717) is 5.92 Å². The molecule has 0 heterocycles. The molecule has 1 atom stereocenters. The highest BCUT2D eigenvalue weighted by atomic mass is 16.1. The van der Waals surface area contributed by atoms with E-state index in [1.54, 1.807) is 6.08 Å². The first-order chi connectivity index (χ1) is 8.70. The Morgan fingerprint density at radius 2 is 2.22 bits per heavy atom. The number of rotatable bonds is 8. The van der Waals surface area contributed by atoms with Crippen LogP contribution >= 0.6 is 0 Å². The van der Waals surface area contributed by atoms with Crippen LogP contribution < -0.4 is 5.32 Å². The molecule has 18 heavy (non-hydrogen) atoms. The van der Waals surface area contributed by atoms with E-state index < -0.39 is 0 Å². The first kappa shape index (κ1) is 16.3. The molecule has 0 saturated carbocycles. The Labute approximate surface area is 111 Å². The minimum atomic E-state index is 0.00224. The number of amides is 1. The van der Waals surface area contributed by atoms with E-state index in [1.807, 2.05) is 6.08 Å². The molecule has 0 aromatic carbocycles. The zero-order valence-electron chi connectivity index (χ0n) is 11.5. The lowest BCUT2D eigenvalue weighted by molar-refractivity contribution is -0.116. The third-order valence-electron chi connectivity index (χ3n) is 2.67. The minimum absolute atomic E-state index is 0.00224. The standard InChI is InChI=1S/C16H23NO/c1-4-6-7-8-9-10-11-12-13-16(18)17-14-15(3)5-2/h1,12-13,15H,5,8-11,14H2,2-3H3,(H,17,18)/b13-12+/t15-/m1/s1. The van der Waals surface area contributed by atoms with Crippen LogP contribution in [0.5, 0.6) is 0 Å². The van der Waals surface area contributed by atoms with E-state index in [4.69, 9.17) is 6.42 Å². The zero-order chi connectivity index (χ0) is 13.6. The van der Waals surface area contributed by atoms with Crippen molar-refractivity contribution in [2.45, 2.75) is 46.0 Å². The fourth-order valence-corrected chi connectivity index (χ4v) is 1.26. The third kappa shape index (κ3) is 10.8. The Morgan fingerprint density at radius 1 is 1.44 bits per heavy atom. The summed E-state index contributed by atoms with van der Waals surface area (Å²) in [6.07, 6.45) is 13.4. The molecule has 1 N–H and O–H groups in total. The second-order valence-electron chi connectivity index (χ2n) is 4.35. The van der Waals surface area contributed by atoms with Crippen LogP contribution in [0.25, 0.3) is 0 Å². The molecule has 0 saturated heterocycles. The minimum Gasteiger partial charge on any atom is -0.352 e. The van der Waals surface area contributed by atoms with Gasteiger partial charge in [-0.15, -0.1) is 6.42 Å². The monoisotopic (exact) mass is 245 g/mol. The quantitative estimate of drug-likeness (QED) is 0.397. The van der Waals surface area contributed by atoms with Crippen molar-refractivity contribution in [2.75, 3.05) is 6.54 Å². The van der Waals surface area contributed by atoms with Crippen LogP contribution in [0.2, 0.25) is 0 Å². The molecule has 0 aliphatic heterocycles. The average molecular weight is 245 g/mol. The number of nitrogens with one attached hydrogen (secondary N) is 1. The molecular weight excluding hydrogens is 222 g/mol. The second-order valence-corrected chi connectivity index (χ2v) is 4.35. The van der Waals surface area contributed by atoms with Crippen molar-refractivity contribution >= 4 is 5.91 Å². The topological polar surface area (TPSA) is 29.1 Å². The van der Waals surface area contributed by atoms with E-state index in [-0.39, 0.29) is 5.91 Å². The number of allylic oxidation sites excluding steroid dienone is 1. The number of carbonyl (C=O) groups excluding carboxylic acids is 1. The van der Waals surface area contributed by atoms with Crippen molar-refractivity contribution in [3.05, 3.63) is 12.2 Å². The van der Waals surface area contributed by atoms with Crippen LogP contribution in [0.15, 0.2) is 12.2 Å². The Kier molecular flexibility index (Phi) is 10.7. The van der Waals surface area contributed by atoms with E-state index in [9.17, 15) is 4.79 Å². The third-order valence-corrected chi connectivity index (χ3v) is 2.67. The summed E-state index contributed by atoms with van der Waals surface area (Å²) >= 11 is 0. The van der Waals surface area contributed by atoms with Crippen LogP contribution in [0.3, 0.4) is 0 Å². The van der Waals surface area contributed by atoms with E-state index in [0.717, 1.165) is 38.6 Å². The van der Waals surface area contributed by atoms with Crippen LogP contribution in [-0.2, 0) is 4.79 Å². The van der Waals surface area contributed by atoms with Crippen LogP contribution in [0, 0.1) is 30.1 Å². The average Bonchev–Trinajstić information content (AvgIpc) is 2.39. The molecule has 0 unspecified atom stereocenters. The fraction of sp³-hybridized carbons (Fsp3) is 0.562. The summed E-state index contributed by atoms with van der Waals surface area (Å²) in [5.74, 6) is 8.30. The maximum atomic E-state index is 11.4. The van der Waals surface area contributed by atoms with Crippen molar-refractivity contribution in [1.29, 1.82) is 0 Å².